The lowest BCUT2D eigenvalue weighted by Crippen LogP contribution is -2.51. The van der Waals surface area contributed by atoms with Gasteiger partial charge in [0.25, 0.3) is 5.91 Å². The van der Waals surface area contributed by atoms with Gasteiger partial charge >= 0.3 is 0 Å². The first-order chi connectivity index (χ1) is 11.0. The number of aliphatic hydroxyl groups is 1. The molecule has 1 aromatic heterocycles. The first kappa shape index (κ1) is 15.6. The smallest absolute Gasteiger partial charge is 0.290 e. The van der Waals surface area contributed by atoms with Gasteiger partial charge in [-0.1, -0.05) is 18.2 Å². The highest BCUT2D eigenvalue weighted by molar-refractivity contribution is 5.99. The third-order valence-electron chi connectivity index (χ3n) is 4.41. The standard InChI is InChI=1S/C17H20N2O4/c1-11-4-3-5-13-12(2)16(23-15(11)13)17(22)19-8-6-18(7-9-19)14(21)10-20/h3-5,20H,6-10H2,1-2H3. The molecule has 1 N–H and O–H groups in total. The highest BCUT2D eigenvalue weighted by atomic mass is 16.3. The predicted octanol–water partition coefficient (Wildman–Crippen LogP) is 1.33. The predicted molar refractivity (Wildman–Crippen MR) is 85.3 cm³/mol. The monoisotopic (exact) mass is 316 g/mol. The van der Waals surface area contributed by atoms with E-state index in [1.54, 1.807) is 9.80 Å². The third-order valence-corrected chi connectivity index (χ3v) is 4.41. The molecular formula is C17H20N2O4. The Morgan fingerprint density at radius 1 is 1.13 bits per heavy atom. The quantitative estimate of drug-likeness (QED) is 0.907. The summed E-state index contributed by atoms with van der Waals surface area (Å²) in [5.74, 6) is -0.0712. The molecule has 3 rings (SSSR count). The van der Waals surface area contributed by atoms with Gasteiger partial charge in [0.05, 0.1) is 0 Å². The summed E-state index contributed by atoms with van der Waals surface area (Å²) in [6, 6.07) is 5.86. The number of hydrogen-bond donors (Lipinski definition) is 1. The maximum Gasteiger partial charge on any atom is 0.290 e. The van der Waals surface area contributed by atoms with E-state index >= 15 is 0 Å². The summed E-state index contributed by atoms with van der Waals surface area (Å²) in [7, 11) is 0. The van der Waals surface area contributed by atoms with Gasteiger partial charge in [-0.25, -0.2) is 0 Å². The van der Waals surface area contributed by atoms with Gasteiger partial charge in [0.2, 0.25) is 5.91 Å². The van der Waals surface area contributed by atoms with Crippen molar-refractivity contribution < 1.29 is 19.1 Å². The second-order valence-electron chi connectivity index (χ2n) is 5.84. The van der Waals surface area contributed by atoms with E-state index in [4.69, 9.17) is 9.52 Å². The number of piperazine rings is 1. The topological polar surface area (TPSA) is 74.0 Å². The average Bonchev–Trinajstić information content (AvgIpc) is 2.92. The van der Waals surface area contributed by atoms with Crippen molar-refractivity contribution in [3.05, 3.63) is 35.1 Å². The van der Waals surface area contributed by atoms with Gasteiger partial charge in [-0.15, -0.1) is 0 Å². The summed E-state index contributed by atoms with van der Waals surface area (Å²) in [5, 5.41) is 9.86. The molecule has 122 valence electrons. The first-order valence-electron chi connectivity index (χ1n) is 7.69. The molecule has 2 heterocycles. The Morgan fingerprint density at radius 3 is 2.39 bits per heavy atom. The summed E-state index contributed by atoms with van der Waals surface area (Å²) >= 11 is 0. The average molecular weight is 316 g/mol. The number of aryl methyl sites for hydroxylation is 2. The number of aliphatic hydroxyl groups excluding tert-OH is 1. The van der Waals surface area contributed by atoms with Gasteiger partial charge in [0.1, 0.15) is 12.2 Å². The highest BCUT2D eigenvalue weighted by Crippen LogP contribution is 2.28. The van der Waals surface area contributed by atoms with Crippen LogP contribution in [-0.4, -0.2) is 59.5 Å². The zero-order chi connectivity index (χ0) is 16.6. The van der Waals surface area contributed by atoms with Crippen LogP contribution in [0.1, 0.15) is 21.7 Å². The van der Waals surface area contributed by atoms with Crippen LogP contribution < -0.4 is 0 Å². The highest BCUT2D eigenvalue weighted by Gasteiger charge is 2.28. The molecular weight excluding hydrogens is 296 g/mol. The van der Waals surface area contributed by atoms with Crippen LogP contribution in [0.5, 0.6) is 0 Å². The van der Waals surface area contributed by atoms with Gasteiger partial charge in [-0.2, -0.15) is 0 Å². The lowest BCUT2D eigenvalue weighted by atomic mass is 10.1. The Balaban J connectivity index is 1.81. The van der Waals surface area contributed by atoms with Gasteiger partial charge in [0, 0.05) is 37.1 Å². The van der Waals surface area contributed by atoms with Crippen LogP contribution in [-0.2, 0) is 4.79 Å². The SMILES string of the molecule is Cc1c(C(=O)N2CCN(C(=O)CO)CC2)oc2c(C)cccc12. The normalized spacial score (nSPS) is 15.3. The molecule has 6 nitrogen and oxygen atoms in total. The third kappa shape index (κ3) is 2.70. The van der Waals surface area contributed by atoms with Gasteiger partial charge in [-0.3, -0.25) is 9.59 Å². The molecule has 2 aromatic rings. The van der Waals surface area contributed by atoms with Crippen molar-refractivity contribution >= 4 is 22.8 Å². The molecule has 0 bridgehead atoms. The summed E-state index contributed by atoms with van der Waals surface area (Å²) in [5.41, 5.74) is 2.60. The molecule has 0 unspecified atom stereocenters. The molecule has 2 amide bonds. The van der Waals surface area contributed by atoms with Crippen LogP contribution in [0.2, 0.25) is 0 Å². The minimum Gasteiger partial charge on any atom is -0.450 e. The zero-order valence-electron chi connectivity index (χ0n) is 13.3. The van der Waals surface area contributed by atoms with E-state index in [9.17, 15) is 9.59 Å². The molecule has 0 aliphatic carbocycles. The number of carbonyl (C=O) groups excluding carboxylic acids is 2. The number of furan rings is 1. The van der Waals surface area contributed by atoms with Crippen molar-refractivity contribution in [1.29, 1.82) is 0 Å². The van der Waals surface area contributed by atoms with Crippen LogP contribution in [0.15, 0.2) is 22.6 Å². The number of nitrogens with zero attached hydrogens (tertiary/aromatic N) is 2. The molecule has 1 aliphatic heterocycles. The Kier molecular flexibility index (Phi) is 4.09. The summed E-state index contributed by atoms with van der Waals surface area (Å²) in [6.45, 7) is 5.12. The number of benzene rings is 1. The molecule has 0 spiro atoms. The number of hydrogen-bond acceptors (Lipinski definition) is 4. The molecule has 1 aromatic carbocycles. The molecule has 0 radical (unpaired) electrons. The number of fused-ring (bicyclic) bond motifs is 1. The van der Waals surface area contributed by atoms with E-state index in [2.05, 4.69) is 0 Å². The van der Waals surface area contributed by atoms with Crippen molar-refractivity contribution in [3.63, 3.8) is 0 Å². The van der Waals surface area contributed by atoms with E-state index in [1.807, 2.05) is 32.0 Å². The fourth-order valence-corrected chi connectivity index (χ4v) is 2.99. The number of para-hydroxylation sites is 1. The largest absolute Gasteiger partial charge is 0.450 e. The number of carbonyl (C=O) groups is 2. The molecule has 23 heavy (non-hydrogen) atoms. The van der Waals surface area contributed by atoms with E-state index < -0.39 is 6.61 Å². The fourth-order valence-electron chi connectivity index (χ4n) is 2.99. The Morgan fingerprint density at radius 2 is 1.78 bits per heavy atom. The minimum atomic E-state index is -0.490. The lowest BCUT2D eigenvalue weighted by molar-refractivity contribution is -0.135. The number of rotatable bonds is 2. The maximum absolute atomic E-state index is 12.7. The van der Waals surface area contributed by atoms with E-state index in [0.29, 0.717) is 31.9 Å². The van der Waals surface area contributed by atoms with Crippen molar-refractivity contribution in [2.24, 2.45) is 0 Å². The Hall–Kier alpha value is -2.34. The van der Waals surface area contributed by atoms with Crippen LogP contribution >= 0.6 is 0 Å². The summed E-state index contributed by atoms with van der Waals surface area (Å²) in [6.07, 6.45) is 0. The van der Waals surface area contributed by atoms with Gasteiger partial charge in [-0.05, 0) is 19.4 Å². The Labute approximate surface area is 134 Å². The van der Waals surface area contributed by atoms with Gasteiger partial charge < -0.3 is 19.3 Å². The fraction of sp³-hybridized carbons (Fsp3) is 0.412. The molecule has 0 saturated carbocycles. The van der Waals surface area contributed by atoms with Crippen molar-refractivity contribution in [3.8, 4) is 0 Å². The maximum atomic E-state index is 12.7. The van der Waals surface area contributed by atoms with Crippen LogP contribution in [0.3, 0.4) is 0 Å². The molecule has 1 saturated heterocycles. The van der Waals surface area contributed by atoms with Crippen molar-refractivity contribution in [2.45, 2.75) is 13.8 Å². The molecule has 6 heteroatoms. The van der Waals surface area contributed by atoms with E-state index in [1.165, 1.54) is 0 Å². The molecule has 0 atom stereocenters. The van der Waals surface area contributed by atoms with Crippen LogP contribution in [0, 0.1) is 13.8 Å². The summed E-state index contributed by atoms with van der Waals surface area (Å²) < 4.78 is 5.83. The molecule has 1 aliphatic rings. The lowest BCUT2D eigenvalue weighted by Gasteiger charge is -2.34. The van der Waals surface area contributed by atoms with Gasteiger partial charge in [0.15, 0.2) is 5.76 Å². The van der Waals surface area contributed by atoms with E-state index in [-0.39, 0.29) is 11.8 Å². The molecule has 1 fully saturated rings. The van der Waals surface area contributed by atoms with Crippen molar-refractivity contribution in [1.82, 2.24) is 9.80 Å². The first-order valence-corrected chi connectivity index (χ1v) is 7.69. The second kappa shape index (κ2) is 6.04. The van der Waals surface area contributed by atoms with E-state index in [0.717, 1.165) is 22.1 Å². The van der Waals surface area contributed by atoms with Crippen LogP contribution in [0.25, 0.3) is 11.0 Å². The second-order valence-corrected chi connectivity index (χ2v) is 5.84. The summed E-state index contributed by atoms with van der Waals surface area (Å²) in [4.78, 5) is 27.5. The van der Waals surface area contributed by atoms with Crippen LogP contribution in [0.4, 0.5) is 0 Å². The zero-order valence-corrected chi connectivity index (χ0v) is 13.3. The Bertz CT molecular complexity index is 757. The van der Waals surface area contributed by atoms with Crippen molar-refractivity contribution in [2.75, 3.05) is 32.8 Å². The number of amides is 2. The minimum absolute atomic E-state index is 0.144.